The number of hydrogen-bond donors (Lipinski definition) is 3. The van der Waals surface area contributed by atoms with Crippen LogP contribution in [0.25, 0.3) is 10.8 Å². The van der Waals surface area contributed by atoms with Gasteiger partial charge in [0.2, 0.25) is 0 Å². The predicted octanol–water partition coefficient (Wildman–Crippen LogP) is 7.16. The fraction of sp³-hybridized carbons (Fsp3) is 0.0833. The Morgan fingerprint density at radius 2 is 1.57 bits per heavy atom. The number of nitrogens with one attached hydrogen (secondary N) is 2. The molecule has 3 N–H and O–H groups in total. The summed E-state index contributed by atoms with van der Waals surface area (Å²) in [5, 5.41) is 19.8. The first-order valence-corrected chi connectivity index (χ1v) is 9.59. The average molecular weight is 398 g/mol. The quantitative estimate of drug-likeness (QED) is 0.183. The fourth-order valence-corrected chi connectivity index (χ4v) is 3.21. The third kappa shape index (κ3) is 4.09. The summed E-state index contributed by atoms with van der Waals surface area (Å²) in [5.74, 6) is 0.260. The van der Waals surface area contributed by atoms with Gasteiger partial charge in [0.1, 0.15) is 5.69 Å². The molecular weight excluding hydrogens is 376 g/mol. The van der Waals surface area contributed by atoms with E-state index in [0.29, 0.717) is 5.69 Å². The molecule has 0 aliphatic rings. The number of para-hydroxylation sites is 1. The van der Waals surface area contributed by atoms with Gasteiger partial charge >= 0.3 is 0 Å². The van der Waals surface area contributed by atoms with Crippen LogP contribution in [0.15, 0.2) is 89.1 Å². The van der Waals surface area contributed by atoms with Crippen molar-refractivity contribution in [1.82, 2.24) is 0 Å². The zero-order valence-electron chi connectivity index (χ0n) is 16.8. The fourth-order valence-electron chi connectivity index (χ4n) is 3.21. The number of hydrazine groups is 1. The molecule has 0 saturated carbocycles. The largest absolute Gasteiger partial charge is 0.338 e. The summed E-state index contributed by atoms with van der Waals surface area (Å²) in [6, 6.07) is 25.2. The molecule has 0 atom stereocenters. The number of fused-ring (bicyclic) bond motifs is 1. The molecular formula is C24H22N4O2. The number of anilines is 2. The molecule has 6 heteroatoms. The number of azo groups is 1. The van der Waals surface area contributed by atoms with Gasteiger partial charge in [-0.25, -0.2) is 5.26 Å². The van der Waals surface area contributed by atoms with Gasteiger partial charge in [0, 0.05) is 5.39 Å². The van der Waals surface area contributed by atoms with Gasteiger partial charge in [0.05, 0.1) is 17.1 Å². The van der Waals surface area contributed by atoms with Crippen LogP contribution in [-0.2, 0) is 0 Å². The van der Waals surface area contributed by atoms with Crippen molar-refractivity contribution >= 4 is 33.5 Å². The Morgan fingerprint density at radius 3 is 2.37 bits per heavy atom. The minimum Gasteiger partial charge on any atom is -0.338 e. The van der Waals surface area contributed by atoms with E-state index in [0.717, 1.165) is 39.0 Å². The van der Waals surface area contributed by atoms with Crippen molar-refractivity contribution < 1.29 is 10.1 Å². The van der Waals surface area contributed by atoms with E-state index < -0.39 is 0 Å². The molecule has 0 spiro atoms. The molecule has 0 aliphatic heterocycles. The Labute approximate surface area is 174 Å². The third-order valence-corrected chi connectivity index (χ3v) is 4.90. The second-order valence-electron chi connectivity index (χ2n) is 6.99. The normalized spacial score (nSPS) is 11.0. The van der Waals surface area contributed by atoms with Gasteiger partial charge in [-0.05, 0) is 60.7 Å². The maximum absolute atomic E-state index is 9.22. The molecule has 0 saturated heterocycles. The molecule has 0 heterocycles. The molecule has 0 aromatic heterocycles. The minimum atomic E-state index is 0.260. The molecule has 0 amide bonds. The van der Waals surface area contributed by atoms with Crippen LogP contribution in [0, 0.1) is 13.8 Å². The van der Waals surface area contributed by atoms with Crippen molar-refractivity contribution in [3.8, 4) is 5.75 Å². The van der Waals surface area contributed by atoms with Crippen molar-refractivity contribution in [3.63, 3.8) is 0 Å². The number of nitrogens with zero attached hydrogens (tertiary/aromatic N) is 2. The van der Waals surface area contributed by atoms with Gasteiger partial charge in [-0.1, -0.05) is 48.5 Å². The van der Waals surface area contributed by atoms with Crippen LogP contribution in [0.4, 0.5) is 22.7 Å². The highest BCUT2D eigenvalue weighted by molar-refractivity contribution is 5.95. The highest BCUT2D eigenvalue weighted by Gasteiger charge is 2.09. The molecule has 0 aliphatic carbocycles. The molecule has 4 aromatic carbocycles. The molecule has 0 fully saturated rings. The highest BCUT2D eigenvalue weighted by atomic mass is 17.1. The van der Waals surface area contributed by atoms with Crippen LogP contribution in [-0.4, -0.2) is 5.26 Å². The Hall–Kier alpha value is -3.90. The SMILES string of the molecule is Cc1cc(NNc2ccccc2C)ccc1/N=N/c1c(OO)ccc2ccccc12. The number of benzene rings is 4. The van der Waals surface area contributed by atoms with Crippen molar-refractivity contribution in [2.45, 2.75) is 13.8 Å². The molecule has 6 nitrogen and oxygen atoms in total. The second kappa shape index (κ2) is 8.63. The molecule has 4 rings (SSSR count). The lowest BCUT2D eigenvalue weighted by Gasteiger charge is -2.13. The number of hydrogen-bond acceptors (Lipinski definition) is 6. The van der Waals surface area contributed by atoms with Crippen LogP contribution < -0.4 is 15.7 Å². The molecule has 0 radical (unpaired) electrons. The van der Waals surface area contributed by atoms with Gasteiger partial charge < -0.3 is 15.7 Å². The van der Waals surface area contributed by atoms with Crippen LogP contribution >= 0.6 is 0 Å². The van der Waals surface area contributed by atoms with E-state index >= 15 is 0 Å². The summed E-state index contributed by atoms with van der Waals surface area (Å²) in [7, 11) is 0. The summed E-state index contributed by atoms with van der Waals surface area (Å²) in [4.78, 5) is 4.50. The monoisotopic (exact) mass is 398 g/mol. The van der Waals surface area contributed by atoms with Crippen molar-refractivity contribution in [1.29, 1.82) is 0 Å². The van der Waals surface area contributed by atoms with Gasteiger partial charge in [0.25, 0.3) is 0 Å². The molecule has 0 unspecified atom stereocenters. The summed E-state index contributed by atoms with van der Waals surface area (Å²) >= 11 is 0. The van der Waals surface area contributed by atoms with E-state index in [1.54, 1.807) is 6.07 Å². The zero-order chi connectivity index (χ0) is 20.9. The van der Waals surface area contributed by atoms with Crippen LogP contribution in [0.5, 0.6) is 5.75 Å². The van der Waals surface area contributed by atoms with Crippen molar-refractivity contribution in [2.24, 2.45) is 10.2 Å². The molecule has 30 heavy (non-hydrogen) atoms. The standard InChI is InChI=1S/C24H22N4O2/c1-16-7-3-6-10-21(16)26-25-19-12-13-22(17(2)15-19)27-28-24-20-9-5-4-8-18(20)11-14-23(24)30-29/h3-15,25-26,29H,1-2H3/b28-27+. The predicted molar refractivity (Wildman–Crippen MR) is 121 cm³/mol. The van der Waals surface area contributed by atoms with Crippen LogP contribution in [0.2, 0.25) is 0 Å². The summed E-state index contributed by atoms with van der Waals surface area (Å²) in [6.07, 6.45) is 0. The smallest absolute Gasteiger partial charge is 0.193 e. The summed E-state index contributed by atoms with van der Waals surface area (Å²) in [6.45, 7) is 4.02. The maximum atomic E-state index is 9.22. The lowest BCUT2D eigenvalue weighted by atomic mass is 10.1. The van der Waals surface area contributed by atoms with E-state index in [-0.39, 0.29) is 5.75 Å². The first kappa shape index (κ1) is 19.4. The van der Waals surface area contributed by atoms with E-state index in [9.17, 15) is 5.26 Å². The summed E-state index contributed by atoms with van der Waals surface area (Å²) in [5.41, 5.74) is 11.7. The number of rotatable bonds is 6. The Kier molecular flexibility index (Phi) is 5.59. The molecule has 4 aromatic rings. The number of aryl methyl sites for hydroxylation is 2. The Morgan fingerprint density at radius 1 is 0.767 bits per heavy atom. The molecule has 0 bridgehead atoms. The van der Waals surface area contributed by atoms with E-state index in [2.05, 4.69) is 39.0 Å². The zero-order valence-corrected chi connectivity index (χ0v) is 16.8. The van der Waals surface area contributed by atoms with Gasteiger partial charge in [-0.3, -0.25) is 0 Å². The highest BCUT2D eigenvalue weighted by Crippen LogP contribution is 2.37. The Bertz CT molecular complexity index is 1220. The first-order chi connectivity index (χ1) is 14.7. The van der Waals surface area contributed by atoms with Crippen LogP contribution in [0.1, 0.15) is 11.1 Å². The van der Waals surface area contributed by atoms with Crippen LogP contribution in [0.3, 0.4) is 0 Å². The lowest BCUT2D eigenvalue weighted by Crippen LogP contribution is -2.09. The lowest BCUT2D eigenvalue weighted by molar-refractivity contribution is -0.136. The van der Waals surface area contributed by atoms with E-state index in [4.69, 9.17) is 0 Å². The van der Waals surface area contributed by atoms with E-state index in [1.807, 2.05) is 73.7 Å². The average Bonchev–Trinajstić information content (AvgIpc) is 2.77. The third-order valence-electron chi connectivity index (χ3n) is 4.90. The van der Waals surface area contributed by atoms with Crippen molar-refractivity contribution in [3.05, 3.63) is 90.0 Å². The molecule has 150 valence electrons. The minimum absolute atomic E-state index is 0.260. The van der Waals surface area contributed by atoms with Gasteiger partial charge in [0.15, 0.2) is 5.75 Å². The second-order valence-corrected chi connectivity index (χ2v) is 6.99. The van der Waals surface area contributed by atoms with Gasteiger partial charge in [-0.15, -0.1) is 5.11 Å². The maximum Gasteiger partial charge on any atom is 0.193 e. The topological polar surface area (TPSA) is 78.2 Å². The Balaban J connectivity index is 1.57. The van der Waals surface area contributed by atoms with Crippen molar-refractivity contribution in [2.75, 3.05) is 10.9 Å². The van der Waals surface area contributed by atoms with E-state index in [1.165, 1.54) is 0 Å². The van der Waals surface area contributed by atoms with Gasteiger partial charge in [-0.2, -0.15) is 5.11 Å². The summed E-state index contributed by atoms with van der Waals surface area (Å²) < 4.78 is 0. The first-order valence-electron chi connectivity index (χ1n) is 9.59.